The molecule has 0 amide bonds. The zero-order valence-electron chi connectivity index (χ0n) is 14.7. The second-order valence-electron chi connectivity index (χ2n) is 5.80. The number of hydrogen-bond acceptors (Lipinski definition) is 6. The first-order valence-electron chi connectivity index (χ1n) is 7.58. The predicted molar refractivity (Wildman–Crippen MR) is 92.2 cm³/mol. The standard InChI is InChI=1S/C16H24N6O2/c1-20(2)13(11-6-8-12(24-5)9-7-11)10-18-15-14(17)21(3)16(23)22(4)19-15/h6-9,13,17H,10H2,1-5H3,(H,18,19). The van der Waals surface area contributed by atoms with Crippen LogP contribution in [0.2, 0.25) is 0 Å². The highest BCUT2D eigenvalue weighted by Gasteiger charge is 2.15. The summed E-state index contributed by atoms with van der Waals surface area (Å²) in [6, 6.07) is 7.96. The Morgan fingerprint density at radius 3 is 2.46 bits per heavy atom. The van der Waals surface area contributed by atoms with Gasteiger partial charge in [-0.1, -0.05) is 12.1 Å². The lowest BCUT2D eigenvalue weighted by Gasteiger charge is -2.25. The van der Waals surface area contributed by atoms with Crippen molar-refractivity contribution in [1.29, 1.82) is 5.41 Å². The van der Waals surface area contributed by atoms with E-state index >= 15 is 0 Å². The molecule has 8 nitrogen and oxygen atoms in total. The van der Waals surface area contributed by atoms with Crippen LogP contribution in [0.15, 0.2) is 29.1 Å². The molecule has 0 aliphatic heterocycles. The number of aryl methyl sites for hydroxylation is 1. The normalized spacial score (nSPS) is 12.2. The second-order valence-corrected chi connectivity index (χ2v) is 5.80. The molecule has 0 aliphatic rings. The highest BCUT2D eigenvalue weighted by Crippen LogP contribution is 2.21. The molecule has 0 fully saturated rings. The molecule has 130 valence electrons. The first-order chi connectivity index (χ1) is 11.3. The molecule has 2 rings (SSSR count). The van der Waals surface area contributed by atoms with E-state index in [0.29, 0.717) is 12.4 Å². The van der Waals surface area contributed by atoms with Gasteiger partial charge in [0.25, 0.3) is 0 Å². The van der Waals surface area contributed by atoms with Gasteiger partial charge in [-0.05, 0) is 31.8 Å². The van der Waals surface area contributed by atoms with Crippen LogP contribution in [-0.4, -0.2) is 47.0 Å². The maximum atomic E-state index is 11.8. The summed E-state index contributed by atoms with van der Waals surface area (Å²) < 4.78 is 7.67. The van der Waals surface area contributed by atoms with E-state index < -0.39 is 0 Å². The first kappa shape index (κ1) is 17.7. The number of ether oxygens (including phenoxy) is 1. The quantitative estimate of drug-likeness (QED) is 0.795. The molecule has 8 heteroatoms. The molecule has 1 heterocycles. The summed E-state index contributed by atoms with van der Waals surface area (Å²) in [6.07, 6.45) is 0. The van der Waals surface area contributed by atoms with Crippen LogP contribution in [0.4, 0.5) is 5.82 Å². The van der Waals surface area contributed by atoms with E-state index in [4.69, 9.17) is 10.1 Å². The van der Waals surface area contributed by atoms with Crippen LogP contribution in [-0.2, 0) is 14.1 Å². The minimum Gasteiger partial charge on any atom is -0.497 e. The summed E-state index contributed by atoms with van der Waals surface area (Å²) in [5.74, 6) is 1.18. The van der Waals surface area contributed by atoms with Gasteiger partial charge in [0.1, 0.15) is 5.75 Å². The third-order valence-corrected chi connectivity index (χ3v) is 3.96. The number of benzene rings is 1. The van der Waals surface area contributed by atoms with Gasteiger partial charge in [-0.25, -0.2) is 9.48 Å². The summed E-state index contributed by atoms with van der Waals surface area (Å²) in [5, 5.41) is 15.3. The lowest BCUT2D eigenvalue weighted by molar-refractivity contribution is 0.311. The highest BCUT2D eigenvalue weighted by molar-refractivity contribution is 5.33. The smallest absolute Gasteiger partial charge is 0.345 e. The number of hydrogen-bond donors (Lipinski definition) is 2. The zero-order valence-corrected chi connectivity index (χ0v) is 14.7. The Labute approximate surface area is 140 Å². The van der Waals surface area contributed by atoms with Crippen LogP contribution in [0.3, 0.4) is 0 Å². The van der Waals surface area contributed by atoms with Crippen LogP contribution in [0, 0.1) is 5.41 Å². The van der Waals surface area contributed by atoms with E-state index in [0.717, 1.165) is 11.3 Å². The Balaban J connectivity index is 2.23. The van der Waals surface area contributed by atoms with Crippen molar-refractivity contribution in [1.82, 2.24) is 19.2 Å². The number of likely N-dealkylation sites (N-methyl/N-ethyl adjacent to an activating group) is 1. The average molecular weight is 332 g/mol. The third-order valence-electron chi connectivity index (χ3n) is 3.96. The Hall–Kier alpha value is -2.61. The van der Waals surface area contributed by atoms with Crippen LogP contribution in [0.5, 0.6) is 5.75 Å². The van der Waals surface area contributed by atoms with Crippen molar-refractivity contribution in [3.63, 3.8) is 0 Å². The summed E-state index contributed by atoms with van der Waals surface area (Å²) >= 11 is 0. The van der Waals surface area contributed by atoms with Gasteiger partial charge >= 0.3 is 5.69 Å². The SMILES string of the molecule is COc1ccc(C(CNc2nn(C)c(=O)n(C)c2=N)N(C)C)cc1. The zero-order chi connectivity index (χ0) is 17.9. The molecule has 24 heavy (non-hydrogen) atoms. The van der Waals surface area contributed by atoms with E-state index in [1.807, 2.05) is 38.4 Å². The molecular weight excluding hydrogens is 308 g/mol. The monoisotopic (exact) mass is 332 g/mol. The predicted octanol–water partition coefficient (Wildman–Crippen LogP) is 0.322. The number of nitrogens with zero attached hydrogens (tertiary/aromatic N) is 4. The van der Waals surface area contributed by atoms with Gasteiger partial charge in [0.05, 0.1) is 13.2 Å². The van der Waals surface area contributed by atoms with Gasteiger partial charge in [0.2, 0.25) is 0 Å². The van der Waals surface area contributed by atoms with Crippen LogP contribution < -0.4 is 21.2 Å². The van der Waals surface area contributed by atoms with Crippen molar-refractivity contribution in [2.45, 2.75) is 6.04 Å². The van der Waals surface area contributed by atoms with E-state index in [-0.39, 0.29) is 17.2 Å². The second kappa shape index (κ2) is 7.31. The largest absolute Gasteiger partial charge is 0.497 e. The molecule has 0 saturated heterocycles. The maximum Gasteiger partial charge on any atom is 0.345 e. The van der Waals surface area contributed by atoms with Gasteiger partial charge in [0, 0.05) is 20.6 Å². The minimum absolute atomic E-state index is 0.0605. The number of rotatable bonds is 6. The van der Waals surface area contributed by atoms with E-state index in [9.17, 15) is 4.79 Å². The van der Waals surface area contributed by atoms with Crippen molar-refractivity contribution in [2.24, 2.45) is 14.1 Å². The van der Waals surface area contributed by atoms with Crippen LogP contribution >= 0.6 is 0 Å². The molecule has 1 aromatic carbocycles. The molecule has 0 bridgehead atoms. The van der Waals surface area contributed by atoms with E-state index in [1.54, 1.807) is 21.2 Å². The van der Waals surface area contributed by atoms with Gasteiger partial charge in [0.15, 0.2) is 11.3 Å². The Kier molecular flexibility index (Phi) is 5.40. The van der Waals surface area contributed by atoms with E-state index in [1.165, 1.54) is 9.25 Å². The fourth-order valence-corrected chi connectivity index (χ4v) is 2.45. The number of aromatic nitrogens is 3. The topological polar surface area (TPSA) is 88.2 Å². The number of methoxy groups -OCH3 is 1. The van der Waals surface area contributed by atoms with Gasteiger partial charge in [-0.3, -0.25) is 9.98 Å². The van der Waals surface area contributed by atoms with Crippen molar-refractivity contribution in [2.75, 3.05) is 33.1 Å². The average Bonchev–Trinajstić information content (AvgIpc) is 2.57. The molecule has 1 unspecified atom stereocenters. The number of nitrogens with one attached hydrogen (secondary N) is 2. The van der Waals surface area contributed by atoms with Crippen molar-refractivity contribution >= 4 is 5.82 Å². The molecule has 0 radical (unpaired) electrons. The number of anilines is 1. The molecule has 1 atom stereocenters. The Morgan fingerprint density at radius 1 is 1.29 bits per heavy atom. The summed E-state index contributed by atoms with van der Waals surface area (Å²) in [4.78, 5) is 13.8. The Bertz CT molecular complexity index is 807. The van der Waals surface area contributed by atoms with Crippen LogP contribution in [0.1, 0.15) is 11.6 Å². The fourth-order valence-electron chi connectivity index (χ4n) is 2.45. The molecule has 0 spiro atoms. The first-order valence-corrected chi connectivity index (χ1v) is 7.58. The van der Waals surface area contributed by atoms with E-state index in [2.05, 4.69) is 15.3 Å². The van der Waals surface area contributed by atoms with Gasteiger partial charge < -0.3 is 15.0 Å². The maximum absolute atomic E-state index is 11.8. The summed E-state index contributed by atoms with van der Waals surface area (Å²) in [6.45, 7) is 0.552. The summed E-state index contributed by atoms with van der Waals surface area (Å²) in [7, 11) is 8.75. The Morgan fingerprint density at radius 2 is 1.92 bits per heavy atom. The third kappa shape index (κ3) is 3.65. The lowest BCUT2D eigenvalue weighted by Crippen LogP contribution is -2.40. The highest BCUT2D eigenvalue weighted by atomic mass is 16.5. The van der Waals surface area contributed by atoms with Gasteiger partial charge in [-0.2, -0.15) is 0 Å². The van der Waals surface area contributed by atoms with Crippen LogP contribution in [0.25, 0.3) is 0 Å². The molecule has 1 aromatic heterocycles. The van der Waals surface area contributed by atoms with Crippen molar-refractivity contribution < 1.29 is 4.74 Å². The minimum atomic E-state index is -0.329. The van der Waals surface area contributed by atoms with Crippen molar-refractivity contribution in [3.8, 4) is 5.75 Å². The molecule has 0 saturated carbocycles. The molecular formula is C16H24N6O2. The molecule has 0 aliphatic carbocycles. The van der Waals surface area contributed by atoms with Crippen molar-refractivity contribution in [3.05, 3.63) is 45.8 Å². The van der Waals surface area contributed by atoms with Gasteiger partial charge in [-0.15, -0.1) is 5.10 Å². The fraction of sp³-hybridized carbons (Fsp3) is 0.438. The lowest BCUT2D eigenvalue weighted by atomic mass is 10.1. The molecule has 2 N–H and O–H groups in total. The summed E-state index contributed by atoms with van der Waals surface area (Å²) in [5.41, 5.74) is 0.851. The molecule has 2 aromatic rings.